The van der Waals surface area contributed by atoms with Gasteiger partial charge in [-0.25, -0.2) is 9.78 Å². The summed E-state index contributed by atoms with van der Waals surface area (Å²) in [5, 5.41) is 2.33. The number of halogens is 6. The Morgan fingerprint density at radius 3 is 2.32 bits per heavy atom. The smallest absolute Gasteiger partial charge is 0.418 e. The largest absolute Gasteiger partial charge is 0.438 e. The fourth-order valence-electron chi connectivity index (χ4n) is 4.53. The number of urea groups is 1. The number of anilines is 1. The number of benzene rings is 3. The maximum Gasteiger partial charge on any atom is 0.418 e. The molecule has 2 heterocycles. The highest BCUT2D eigenvalue weighted by Gasteiger charge is 2.37. The van der Waals surface area contributed by atoms with E-state index in [-0.39, 0.29) is 23.7 Å². The summed E-state index contributed by atoms with van der Waals surface area (Å²) in [6.45, 7) is 0.271. The first kappa shape index (κ1) is 24.7. The SMILES string of the molecule is O=C(Nc1ccccc1C(F)(F)F)N1CCC[C@@H]1c1nc2cc(-c3ccccc3C(F)(F)F)ccc2o1. The number of hydrogen-bond donors (Lipinski definition) is 1. The fourth-order valence-corrected chi connectivity index (χ4v) is 4.53. The van der Waals surface area contributed by atoms with Gasteiger partial charge in [0.2, 0.25) is 5.89 Å². The third-order valence-corrected chi connectivity index (χ3v) is 6.22. The van der Waals surface area contributed by atoms with Crippen molar-refractivity contribution in [2.75, 3.05) is 11.9 Å². The van der Waals surface area contributed by atoms with E-state index in [1.165, 1.54) is 59.5 Å². The number of likely N-dealkylation sites (tertiary alicyclic amines) is 1. The van der Waals surface area contributed by atoms with E-state index in [4.69, 9.17) is 4.42 Å². The lowest BCUT2D eigenvalue weighted by molar-refractivity contribution is -0.137. The lowest BCUT2D eigenvalue weighted by Gasteiger charge is -2.23. The molecule has 37 heavy (non-hydrogen) atoms. The molecule has 1 N–H and O–H groups in total. The number of nitrogens with zero attached hydrogens (tertiary/aromatic N) is 2. The molecule has 0 spiro atoms. The Balaban J connectivity index is 1.43. The van der Waals surface area contributed by atoms with Crippen LogP contribution in [-0.4, -0.2) is 22.5 Å². The molecule has 0 aliphatic carbocycles. The average Bonchev–Trinajstić information content (AvgIpc) is 3.50. The molecule has 0 radical (unpaired) electrons. The molecule has 2 amide bonds. The van der Waals surface area contributed by atoms with Crippen molar-refractivity contribution < 1.29 is 35.6 Å². The van der Waals surface area contributed by atoms with Crippen molar-refractivity contribution in [2.24, 2.45) is 0 Å². The van der Waals surface area contributed by atoms with E-state index < -0.39 is 35.6 Å². The Morgan fingerprint density at radius 1 is 0.919 bits per heavy atom. The molecule has 3 aromatic carbocycles. The van der Waals surface area contributed by atoms with E-state index in [9.17, 15) is 31.1 Å². The third-order valence-electron chi connectivity index (χ3n) is 6.22. The molecular weight excluding hydrogens is 500 g/mol. The summed E-state index contributed by atoms with van der Waals surface area (Å²) < 4.78 is 86.2. The molecule has 1 fully saturated rings. The van der Waals surface area contributed by atoms with Gasteiger partial charge in [0.25, 0.3) is 0 Å². The van der Waals surface area contributed by atoms with Crippen LogP contribution < -0.4 is 5.32 Å². The van der Waals surface area contributed by atoms with Crippen LogP contribution >= 0.6 is 0 Å². The molecule has 0 unspecified atom stereocenters. The van der Waals surface area contributed by atoms with Gasteiger partial charge < -0.3 is 14.6 Å². The zero-order valence-electron chi connectivity index (χ0n) is 19.0. The lowest BCUT2D eigenvalue weighted by Crippen LogP contribution is -2.35. The normalized spacial score (nSPS) is 16.4. The molecule has 11 heteroatoms. The maximum absolute atomic E-state index is 13.5. The number of aromatic nitrogens is 1. The summed E-state index contributed by atoms with van der Waals surface area (Å²) >= 11 is 0. The summed E-state index contributed by atoms with van der Waals surface area (Å²) in [6.07, 6.45) is -8.15. The lowest BCUT2D eigenvalue weighted by atomic mass is 9.99. The number of alkyl halides is 6. The van der Waals surface area contributed by atoms with Crippen LogP contribution in [0.2, 0.25) is 0 Å². The minimum absolute atomic E-state index is 0.00773. The summed E-state index contributed by atoms with van der Waals surface area (Å²) in [6, 6.07) is 13.0. The topological polar surface area (TPSA) is 58.4 Å². The zero-order chi connectivity index (χ0) is 26.4. The molecule has 1 aromatic heterocycles. The van der Waals surface area contributed by atoms with E-state index >= 15 is 0 Å². The van der Waals surface area contributed by atoms with Gasteiger partial charge in [-0.1, -0.05) is 36.4 Å². The molecule has 0 bridgehead atoms. The average molecular weight is 519 g/mol. The number of carbonyl (C=O) groups is 1. The van der Waals surface area contributed by atoms with Crippen molar-refractivity contribution in [3.8, 4) is 11.1 Å². The Hall–Kier alpha value is -4.02. The number of nitrogens with one attached hydrogen (secondary N) is 1. The van der Waals surface area contributed by atoms with E-state index in [1.54, 1.807) is 0 Å². The van der Waals surface area contributed by atoms with Gasteiger partial charge >= 0.3 is 18.4 Å². The zero-order valence-corrected chi connectivity index (χ0v) is 19.0. The van der Waals surface area contributed by atoms with Gasteiger partial charge in [-0.15, -0.1) is 0 Å². The highest BCUT2D eigenvalue weighted by Crippen LogP contribution is 2.39. The molecule has 1 aliphatic heterocycles. The van der Waals surface area contributed by atoms with Crippen LogP contribution in [0.4, 0.5) is 36.8 Å². The second-order valence-electron chi connectivity index (χ2n) is 8.60. The number of carbonyl (C=O) groups excluding carboxylic acids is 1. The van der Waals surface area contributed by atoms with E-state index in [1.807, 2.05) is 0 Å². The Morgan fingerprint density at radius 2 is 1.59 bits per heavy atom. The van der Waals surface area contributed by atoms with E-state index in [0.717, 1.165) is 12.1 Å². The Kier molecular flexibility index (Phi) is 6.09. The quantitative estimate of drug-likeness (QED) is 0.280. The van der Waals surface area contributed by atoms with Crippen LogP contribution in [0.5, 0.6) is 0 Å². The van der Waals surface area contributed by atoms with Crippen LogP contribution in [0, 0.1) is 0 Å². The van der Waals surface area contributed by atoms with E-state index in [0.29, 0.717) is 29.5 Å². The Bertz CT molecular complexity index is 1460. The van der Waals surface area contributed by atoms with Gasteiger partial charge in [0.1, 0.15) is 11.6 Å². The van der Waals surface area contributed by atoms with Crippen LogP contribution in [0.3, 0.4) is 0 Å². The summed E-state index contributed by atoms with van der Waals surface area (Å²) in [4.78, 5) is 18.7. The maximum atomic E-state index is 13.5. The second kappa shape index (κ2) is 9.13. The van der Waals surface area contributed by atoms with Crippen molar-refractivity contribution in [3.63, 3.8) is 0 Å². The summed E-state index contributed by atoms with van der Waals surface area (Å²) in [5.41, 5.74) is -1.20. The van der Waals surface area contributed by atoms with Gasteiger partial charge in [-0.05, 0) is 54.3 Å². The van der Waals surface area contributed by atoms with Crippen molar-refractivity contribution in [3.05, 3.63) is 83.7 Å². The second-order valence-corrected chi connectivity index (χ2v) is 8.60. The molecule has 1 saturated heterocycles. The van der Waals surface area contributed by atoms with Gasteiger partial charge in [0, 0.05) is 6.54 Å². The van der Waals surface area contributed by atoms with Crippen molar-refractivity contribution in [2.45, 2.75) is 31.2 Å². The predicted octanol–water partition coefficient (Wildman–Crippen LogP) is 7.90. The predicted molar refractivity (Wildman–Crippen MR) is 124 cm³/mol. The third kappa shape index (κ3) is 4.85. The van der Waals surface area contributed by atoms with Gasteiger partial charge in [0.05, 0.1) is 16.8 Å². The minimum Gasteiger partial charge on any atom is -0.438 e. The fraction of sp³-hybridized carbons (Fsp3) is 0.231. The minimum atomic E-state index is -4.64. The van der Waals surface area contributed by atoms with Crippen LogP contribution in [0.15, 0.2) is 71.1 Å². The van der Waals surface area contributed by atoms with Gasteiger partial charge in [0.15, 0.2) is 5.58 Å². The number of para-hydroxylation sites is 1. The van der Waals surface area contributed by atoms with Crippen molar-refractivity contribution in [1.29, 1.82) is 0 Å². The summed E-state index contributed by atoms with van der Waals surface area (Å²) in [5.74, 6) is 0.160. The highest BCUT2D eigenvalue weighted by molar-refractivity contribution is 5.91. The number of fused-ring (bicyclic) bond motifs is 1. The Labute approximate surface area is 206 Å². The molecule has 5 nitrogen and oxygen atoms in total. The summed E-state index contributed by atoms with van der Waals surface area (Å²) in [7, 11) is 0. The number of rotatable bonds is 3. The first-order chi connectivity index (χ1) is 17.5. The van der Waals surface area contributed by atoms with Gasteiger partial charge in [-0.3, -0.25) is 0 Å². The number of amides is 2. The molecule has 1 aliphatic rings. The molecule has 5 rings (SSSR count). The first-order valence-electron chi connectivity index (χ1n) is 11.3. The molecule has 192 valence electrons. The molecule has 0 saturated carbocycles. The molecular formula is C26H19F6N3O2. The number of oxazole rings is 1. The molecule has 1 atom stereocenters. The van der Waals surface area contributed by atoms with Crippen LogP contribution in [0.1, 0.15) is 35.9 Å². The molecule has 4 aromatic rings. The monoisotopic (exact) mass is 519 g/mol. The van der Waals surface area contributed by atoms with Crippen LogP contribution in [-0.2, 0) is 12.4 Å². The van der Waals surface area contributed by atoms with Crippen LogP contribution in [0.25, 0.3) is 22.2 Å². The standard InChI is InChI=1S/C26H19F6N3O2/c27-25(28,29)17-7-2-1-6-16(17)15-11-12-22-20(14-15)33-23(37-22)21-10-5-13-35(21)24(36)34-19-9-4-3-8-18(19)26(30,31)32/h1-4,6-9,11-12,14,21H,5,10,13H2,(H,34,36)/t21-/m1/s1. The first-order valence-corrected chi connectivity index (χ1v) is 11.3. The van der Waals surface area contributed by atoms with Crippen molar-refractivity contribution in [1.82, 2.24) is 9.88 Å². The van der Waals surface area contributed by atoms with Crippen molar-refractivity contribution >= 4 is 22.8 Å². The van der Waals surface area contributed by atoms with E-state index in [2.05, 4.69) is 10.3 Å². The highest BCUT2D eigenvalue weighted by atomic mass is 19.4. The van der Waals surface area contributed by atoms with Gasteiger partial charge in [-0.2, -0.15) is 26.3 Å². The number of hydrogen-bond acceptors (Lipinski definition) is 3.